The fourth-order valence-corrected chi connectivity index (χ4v) is 2.96. The number of nitrogens with one attached hydrogen (secondary N) is 2. The zero-order valence-electron chi connectivity index (χ0n) is 10.4. The van der Waals surface area contributed by atoms with Gasteiger partial charge >= 0.3 is 0 Å². The SMILES string of the molecule is O=C1NC(=NC2CC2)NC12CCc1cc(F)ccc12. The third-order valence-corrected chi connectivity index (χ3v) is 4.11. The predicted octanol–water partition coefficient (Wildman–Crippen LogP) is 1.20. The van der Waals surface area contributed by atoms with Crippen molar-refractivity contribution in [3.63, 3.8) is 0 Å². The van der Waals surface area contributed by atoms with E-state index >= 15 is 0 Å². The molecule has 19 heavy (non-hydrogen) atoms. The standard InChI is InChI=1S/C14H14FN3O/c15-9-1-4-11-8(7-9)5-6-14(11)12(19)17-13(18-14)16-10-2-3-10/h1,4,7,10H,2-3,5-6H2,(H2,16,17,18,19). The molecule has 1 saturated heterocycles. The predicted molar refractivity (Wildman–Crippen MR) is 68.1 cm³/mol. The summed E-state index contributed by atoms with van der Waals surface area (Å²) in [6.45, 7) is 0. The molecule has 4 rings (SSSR count). The van der Waals surface area contributed by atoms with E-state index in [1.54, 1.807) is 6.07 Å². The minimum absolute atomic E-state index is 0.0720. The first-order valence-electron chi connectivity index (χ1n) is 6.64. The maximum Gasteiger partial charge on any atom is 0.257 e. The van der Waals surface area contributed by atoms with Crippen molar-refractivity contribution in [2.45, 2.75) is 37.3 Å². The molecule has 1 aliphatic heterocycles. The van der Waals surface area contributed by atoms with Crippen molar-refractivity contribution in [2.24, 2.45) is 4.99 Å². The van der Waals surface area contributed by atoms with Gasteiger partial charge in [0.1, 0.15) is 11.4 Å². The van der Waals surface area contributed by atoms with Crippen LogP contribution in [0.4, 0.5) is 4.39 Å². The van der Waals surface area contributed by atoms with E-state index in [9.17, 15) is 9.18 Å². The van der Waals surface area contributed by atoms with Crippen molar-refractivity contribution < 1.29 is 9.18 Å². The van der Waals surface area contributed by atoms with Gasteiger partial charge in [-0.2, -0.15) is 0 Å². The molecule has 98 valence electrons. The summed E-state index contributed by atoms with van der Waals surface area (Å²) in [6.07, 6.45) is 3.55. The quantitative estimate of drug-likeness (QED) is 0.796. The molecule has 1 heterocycles. The molecule has 2 fully saturated rings. The fourth-order valence-electron chi connectivity index (χ4n) is 2.96. The van der Waals surface area contributed by atoms with Crippen molar-refractivity contribution in [3.8, 4) is 0 Å². The Kier molecular flexibility index (Phi) is 2.05. The van der Waals surface area contributed by atoms with Crippen molar-refractivity contribution in [3.05, 3.63) is 35.1 Å². The second-order valence-electron chi connectivity index (χ2n) is 5.49. The van der Waals surface area contributed by atoms with E-state index in [1.807, 2.05) is 0 Å². The average molecular weight is 259 g/mol. The van der Waals surface area contributed by atoms with E-state index in [0.717, 1.165) is 24.0 Å². The summed E-state index contributed by atoms with van der Waals surface area (Å²) in [6, 6.07) is 5.00. The summed E-state index contributed by atoms with van der Waals surface area (Å²) in [7, 11) is 0. The lowest BCUT2D eigenvalue weighted by atomic mass is 9.92. The Hall–Kier alpha value is -1.91. The summed E-state index contributed by atoms with van der Waals surface area (Å²) in [5, 5.41) is 6.05. The van der Waals surface area contributed by atoms with Gasteiger partial charge in [-0.3, -0.25) is 10.1 Å². The van der Waals surface area contributed by atoms with Crippen molar-refractivity contribution in [1.82, 2.24) is 10.6 Å². The van der Waals surface area contributed by atoms with E-state index in [4.69, 9.17) is 0 Å². The molecule has 1 saturated carbocycles. The maximum atomic E-state index is 13.2. The lowest BCUT2D eigenvalue weighted by Crippen LogP contribution is -2.41. The van der Waals surface area contributed by atoms with Crippen LogP contribution in [-0.4, -0.2) is 17.9 Å². The number of fused-ring (bicyclic) bond motifs is 2. The van der Waals surface area contributed by atoms with E-state index in [2.05, 4.69) is 15.6 Å². The van der Waals surface area contributed by atoms with Crippen LogP contribution in [0.25, 0.3) is 0 Å². The zero-order valence-corrected chi connectivity index (χ0v) is 10.4. The molecule has 1 amide bonds. The Balaban J connectivity index is 1.74. The third kappa shape index (κ3) is 1.57. The summed E-state index contributed by atoms with van der Waals surface area (Å²) >= 11 is 0. The molecule has 3 aliphatic rings. The zero-order chi connectivity index (χ0) is 13.0. The van der Waals surface area contributed by atoms with Gasteiger partial charge in [0.15, 0.2) is 5.96 Å². The molecule has 1 unspecified atom stereocenters. The number of aliphatic imine (C=N–C) groups is 1. The van der Waals surface area contributed by atoms with Gasteiger partial charge < -0.3 is 5.32 Å². The first kappa shape index (κ1) is 11.0. The molecule has 4 nitrogen and oxygen atoms in total. The second-order valence-corrected chi connectivity index (χ2v) is 5.49. The number of rotatable bonds is 1. The van der Waals surface area contributed by atoms with Crippen molar-refractivity contribution >= 4 is 11.9 Å². The van der Waals surface area contributed by atoms with Crippen LogP contribution in [0.3, 0.4) is 0 Å². The molecule has 0 aromatic heterocycles. The van der Waals surface area contributed by atoms with Gasteiger partial charge in [0.05, 0.1) is 6.04 Å². The Bertz CT molecular complexity index is 609. The van der Waals surface area contributed by atoms with Gasteiger partial charge in [0.25, 0.3) is 5.91 Å². The third-order valence-electron chi connectivity index (χ3n) is 4.11. The van der Waals surface area contributed by atoms with Crippen LogP contribution in [0.5, 0.6) is 0 Å². The number of hydrogen-bond donors (Lipinski definition) is 2. The van der Waals surface area contributed by atoms with Crippen LogP contribution in [0.1, 0.15) is 30.4 Å². The summed E-state index contributed by atoms with van der Waals surface area (Å²) in [4.78, 5) is 16.8. The number of hydrogen-bond acceptors (Lipinski definition) is 2. The minimum Gasteiger partial charge on any atom is -0.338 e. The number of carbonyl (C=O) groups is 1. The van der Waals surface area contributed by atoms with Crippen molar-refractivity contribution in [1.29, 1.82) is 0 Å². The monoisotopic (exact) mass is 259 g/mol. The van der Waals surface area contributed by atoms with Gasteiger partial charge in [-0.1, -0.05) is 6.07 Å². The van der Waals surface area contributed by atoms with Crippen LogP contribution in [0.15, 0.2) is 23.2 Å². The number of halogens is 1. The topological polar surface area (TPSA) is 53.5 Å². The van der Waals surface area contributed by atoms with Crippen LogP contribution in [-0.2, 0) is 16.8 Å². The fraction of sp³-hybridized carbons (Fsp3) is 0.429. The number of nitrogens with zero attached hydrogens (tertiary/aromatic N) is 1. The number of carbonyl (C=O) groups excluding carboxylic acids is 1. The molecule has 2 N–H and O–H groups in total. The molecule has 1 aromatic rings. The smallest absolute Gasteiger partial charge is 0.257 e. The Labute approximate surface area is 110 Å². The van der Waals surface area contributed by atoms with Crippen LogP contribution < -0.4 is 10.6 Å². The first-order chi connectivity index (χ1) is 9.17. The summed E-state index contributed by atoms with van der Waals surface area (Å²) < 4.78 is 13.2. The van der Waals surface area contributed by atoms with Crippen LogP contribution in [0.2, 0.25) is 0 Å². The molecule has 1 aromatic carbocycles. The highest BCUT2D eigenvalue weighted by molar-refractivity contribution is 6.10. The number of guanidine groups is 1. The Morgan fingerprint density at radius 1 is 1.37 bits per heavy atom. The second kappa shape index (κ2) is 3.56. The molecule has 2 aliphatic carbocycles. The van der Waals surface area contributed by atoms with Gasteiger partial charge in [0.2, 0.25) is 0 Å². The number of amides is 1. The lowest BCUT2D eigenvalue weighted by Gasteiger charge is -2.21. The molecular formula is C14H14FN3O. The highest BCUT2D eigenvalue weighted by Gasteiger charge is 2.50. The summed E-state index contributed by atoms with van der Waals surface area (Å²) in [5.74, 6) is 0.253. The normalized spacial score (nSPS) is 30.6. The number of aryl methyl sites for hydroxylation is 1. The van der Waals surface area contributed by atoms with Gasteiger partial charge in [-0.05, 0) is 48.9 Å². The van der Waals surface area contributed by atoms with E-state index in [1.165, 1.54) is 12.1 Å². The highest BCUT2D eigenvalue weighted by atomic mass is 19.1. The Morgan fingerprint density at radius 3 is 3.00 bits per heavy atom. The maximum absolute atomic E-state index is 13.2. The Morgan fingerprint density at radius 2 is 2.21 bits per heavy atom. The largest absolute Gasteiger partial charge is 0.338 e. The number of benzene rings is 1. The lowest BCUT2D eigenvalue weighted by molar-refractivity contribution is -0.124. The van der Waals surface area contributed by atoms with E-state index in [-0.39, 0.29) is 11.7 Å². The van der Waals surface area contributed by atoms with E-state index < -0.39 is 5.54 Å². The van der Waals surface area contributed by atoms with Crippen LogP contribution in [0, 0.1) is 5.82 Å². The van der Waals surface area contributed by atoms with Gasteiger partial charge in [-0.25, -0.2) is 9.38 Å². The first-order valence-corrected chi connectivity index (χ1v) is 6.64. The molecular weight excluding hydrogens is 245 g/mol. The van der Waals surface area contributed by atoms with Gasteiger partial charge in [-0.15, -0.1) is 0 Å². The molecule has 0 bridgehead atoms. The van der Waals surface area contributed by atoms with Crippen molar-refractivity contribution in [2.75, 3.05) is 0 Å². The van der Waals surface area contributed by atoms with Gasteiger partial charge in [0, 0.05) is 0 Å². The van der Waals surface area contributed by atoms with Crippen LogP contribution >= 0.6 is 0 Å². The molecule has 0 radical (unpaired) electrons. The molecule has 5 heteroatoms. The molecule has 1 atom stereocenters. The summed E-state index contributed by atoms with van der Waals surface area (Å²) in [5.41, 5.74) is 1.05. The minimum atomic E-state index is -0.739. The highest BCUT2D eigenvalue weighted by Crippen LogP contribution is 2.39. The molecule has 1 spiro atoms. The van der Waals surface area contributed by atoms with E-state index in [0.29, 0.717) is 24.8 Å². The average Bonchev–Trinajstić information content (AvgIpc) is 3.03.